The summed E-state index contributed by atoms with van der Waals surface area (Å²) in [7, 11) is 0. The maximum atomic E-state index is 10.7. The molecule has 0 bridgehead atoms. The van der Waals surface area contributed by atoms with Gasteiger partial charge in [0.15, 0.2) is 0 Å². The zero-order valence-corrected chi connectivity index (χ0v) is 10.8. The van der Waals surface area contributed by atoms with Crippen molar-refractivity contribution in [1.29, 1.82) is 0 Å². The Kier molecular flexibility index (Phi) is 3.66. The maximum absolute atomic E-state index is 10.7. The maximum Gasteiger partial charge on any atom is 0.271 e. The molecule has 2 aromatic rings. The van der Waals surface area contributed by atoms with Gasteiger partial charge in [-0.25, -0.2) is 4.98 Å². The van der Waals surface area contributed by atoms with Crippen LogP contribution in [0.2, 0.25) is 0 Å². The molecule has 0 aliphatic rings. The molecule has 0 spiro atoms. The number of nitro groups is 1. The summed E-state index contributed by atoms with van der Waals surface area (Å²) in [4.78, 5) is 17.5. The molecule has 1 aromatic carbocycles. The predicted molar refractivity (Wildman–Crippen MR) is 72.1 cm³/mol. The largest absolute Gasteiger partial charge is 0.396 e. The minimum Gasteiger partial charge on any atom is -0.396 e. The Morgan fingerprint density at radius 2 is 2.26 bits per heavy atom. The van der Waals surface area contributed by atoms with E-state index in [0.717, 1.165) is 0 Å². The second-order valence-corrected chi connectivity index (χ2v) is 4.64. The van der Waals surface area contributed by atoms with Gasteiger partial charge in [-0.05, 0) is 18.9 Å². The molecule has 3 N–H and O–H groups in total. The predicted octanol–water partition coefficient (Wildman–Crippen LogP) is 1.90. The first-order valence-corrected chi connectivity index (χ1v) is 6.03. The lowest BCUT2D eigenvalue weighted by atomic mass is 10.1. The summed E-state index contributed by atoms with van der Waals surface area (Å²) in [6, 6.07) is 4.52. The van der Waals surface area contributed by atoms with Crippen LogP contribution in [0.15, 0.2) is 18.2 Å². The van der Waals surface area contributed by atoms with Gasteiger partial charge >= 0.3 is 0 Å². The number of nitrogens with one attached hydrogen (secondary N) is 2. The molecule has 0 aliphatic carbocycles. The Balaban J connectivity index is 2.24. The molecule has 0 radical (unpaired) electrons. The monoisotopic (exact) mass is 264 g/mol. The van der Waals surface area contributed by atoms with Gasteiger partial charge < -0.3 is 15.4 Å². The zero-order valence-electron chi connectivity index (χ0n) is 10.8. The molecule has 0 amide bonds. The number of aromatic nitrogens is 2. The van der Waals surface area contributed by atoms with Crippen molar-refractivity contribution in [2.24, 2.45) is 5.92 Å². The molecule has 1 heterocycles. The fourth-order valence-electron chi connectivity index (χ4n) is 1.70. The SMILES string of the molecule is CC(CO)C(C)Nc1nc2ccc([N+](=O)[O-])cc2[nH]1. The number of nitrogens with zero attached hydrogens (tertiary/aromatic N) is 2. The van der Waals surface area contributed by atoms with Crippen molar-refractivity contribution in [3.63, 3.8) is 0 Å². The number of fused-ring (bicyclic) bond motifs is 1. The highest BCUT2D eigenvalue weighted by molar-refractivity contribution is 5.79. The van der Waals surface area contributed by atoms with Gasteiger partial charge in [0.2, 0.25) is 5.95 Å². The standard InChI is InChI=1S/C12H16N4O3/c1-7(6-17)8(2)13-12-14-10-4-3-9(16(18)19)5-11(10)15-12/h3-5,7-8,17H,6H2,1-2H3,(H2,13,14,15). The quantitative estimate of drug-likeness (QED) is 0.565. The molecule has 0 saturated heterocycles. The van der Waals surface area contributed by atoms with Gasteiger partial charge in [0.1, 0.15) is 0 Å². The Labute approximate surface area is 109 Å². The number of H-pyrrole nitrogens is 1. The Bertz CT molecular complexity index is 596. The molecule has 0 saturated carbocycles. The fraction of sp³-hybridized carbons (Fsp3) is 0.417. The summed E-state index contributed by atoms with van der Waals surface area (Å²) in [6.07, 6.45) is 0. The highest BCUT2D eigenvalue weighted by Gasteiger charge is 2.14. The number of nitro benzene ring substituents is 1. The van der Waals surface area contributed by atoms with Crippen molar-refractivity contribution in [2.45, 2.75) is 19.9 Å². The highest BCUT2D eigenvalue weighted by Crippen LogP contribution is 2.21. The van der Waals surface area contributed by atoms with Gasteiger partial charge in [0.25, 0.3) is 5.69 Å². The highest BCUT2D eigenvalue weighted by atomic mass is 16.6. The second-order valence-electron chi connectivity index (χ2n) is 4.64. The van der Waals surface area contributed by atoms with Crippen molar-refractivity contribution < 1.29 is 10.0 Å². The average molecular weight is 264 g/mol. The van der Waals surface area contributed by atoms with Crippen molar-refractivity contribution in [1.82, 2.24) is 9.97 Å². The third-order valence-electron chi connectivity index (χ3n) is 3.18. The number of hydrogen-bond donors (Lipinski definition) is 3. The number of benzene rings is 1. The molecule has 1 aromatic heterocycles. The van der Waals surface area contributed by atoms with Crippen LogP contribution in [0.3, 0.4) is 0 Å². The molecule has 7 heteroatoms. The molecule has 0 aliphatic heterocycles. The van der Waals surface area contributed by atoms with Crippen LogP contribution in [0.5, 0.6) is 0 Å². The van der Waals surface area contributed by atoms with Crippen LogP contribution in [-0.2, 0) is 0 Å². The van der Waals surface area contributed by atoms with Gasteiger partial charge in [0, 0.05) is 24.8 Å². The summed E-state index contributed by atoms with van der Waals surface area (Å²) >= 11 is 0. The second kappa shape index (κ2) is 5.23. The summed E-state index contributed by atoms with van der Waals surface area (Å²) in [5.74, 6) is 0.630. The third-order valence-corrected chi connectivity index (χ3v) is 3.18. The summed E-state index contributed by atoms with van der Waals surface area (Å²) < 4.78 is 0. The number of hydrogen-bond acceptors (Lipinski definition) is 5. The van der Waals surface area contributed by atoms with Crippen LogP contribution in [0.4, 0.5) is 11.6 Å². The number of anilines is 1. The van der Waals surface area contributed by atoms with Crippen LogP contribution in [-0.4, -0.2) is 32.6 Å². The van der Waals surface area contributed by atoms with Crippen molar-refractivity contribution in [2.75, 3.05) is 11.9 Å². The number of non-ortho nitro benzene ring substituents is 1. The fourth-order valence-corrected chi connectivity index (χ4v) is 1.70. The van der Waals surface area contributed by atoms with E-state index in [0.29, 0.717) is 17.0 Å². The van der Waals surface area contributed by atoms with E-state index in [9.17, 15) is 10.1 Å². The first-order valence-electron chi connectivity index (χ1n) is 6.03. The number of aliphatic hydroxyl groups excluding tert-OH is 1. The van der Waals surface area contributed by atoms with E-state index >= 15 is 0 Å². The molecular formula is C12H16N4O3. The number of imidazole rings is 1. The number of aliphatic hydroxyl groups is 1. The van der Waals surface area contributed by atoms with Crippen molar-refractivity contribution in [3.8, 4) is 0 Å². The summed E-state index contributed by atoms with van der Waals surface area (Å²) in [5, 5.41) is 22.9. The van der Waals surface area contributed by atoms with Crippen LogP contribution in [0.1, 0.15) is 13.8 Å². The topological polar surface area (TPSA) is 104 Å². The first-order chi connectivity index (χ1) is 9.01. The van der Waals surface area contributed by atoms with Gasteiger partial charge in [-0.2, -0.15) is 0 Å². The van der Waals surface area contributed by atoms with E-state index in [1.165, 1.54) is 12.1 Å². The van der Waals surface area contributed by atoms with Crippen LogP contribution in [0.25, 0.3) is 11.0 Å². The smallest absolute Gasteiger partial charge is 0.271 e. The lowest BCUT2D eigenvalue weighted by molar-refractivity contribution is -0.384. The third kappa shape index (κ3) is 2.82. The van der Waals surface area contributed by atoms with Crippen molar-refractivity contribution in [3.05, 3.63) is 28.3 Å². The number of rotatable bonds is 5. The van der Waals surface area contributed by atoms with E-state index in [-0.39, 0.29) is 24.3 Å². The molecule has 2 atom stereocenters. The minimum atomic E-state index is -0.441. The molecule has 19 heavy (non-hydrogen) atoms. The number of aromatic amines is 1. The van der Waals surface area contributed by atoms with E-state index < -0.39 is 4.92 Å². The van der Waals surface area contributed by atoms with Gasteiger partial charge in [0.05, 0.1) is 16.0 Å². The molecule has 102 valence electrons. The van der Waals surface area contributed by atoms with E-state index in [1.54, 1.807) is 6.07 Å². The average Bonchev–Trinajstić information content (AvgIpc) is 2.78. The lowest BCUT2D eigenvalue weighted by Crippen LogP contribution is -2.26. The van der Waals surface area contributed by atoms with E-state index in [4.69, 9.17) is 5.11 Å². The molecule has 7 nitrogen and oxygen atoms in total. The van der Waals surface area contributed by atoms with Gasteiger partial charge in [-0.1, -0.05) is 6.92 Å². The molecule has 0 fully saturated rings. The Morgan fingerprint density at radius 1 is 1.53 bits per heavy atom. The van der Waals surface area contributed by atoms with Crippen LogP contribution < -0.4 is 5.32 Å². The summed E-state index contributed by atoms with van der Waals surface area (Å²) in [6.45, 7) is 3.95. The zero-order chi connectivity index (χ0) is 14.0. The Hall–Kier alpha value is -2.15. The lowest BCUT2D eigenvalue weighted by Gasteiger charge is -2.18. The normalized spacial score (nSPS) is 14.3. The van der Waals surface area contributed by atoms with Crippen LogP contribution >= 0.6 is 0 Å². The molecular weight excluding hydrogens is 248 g/mol. The first kappa shape index (κ1) is 13.3. The van der Waals surface area contributed by atoms with Crippen molar-refractivity contribution >= 4 is 22.7 Å². The minimum absolute atomic E-state index is 0.0273. The van der Waals surface area contributed by atoms with E-state index in [2.05, 4.69) is 15.3 Å². The summed E-state index contributed by atoms with van der Waals surface area (Å²) in [5.41, 5.74) is 1.30. The molecule has 2 unspecified atom stereocenters. The van der Waals surface area contributed by atoms with Gasteiger partial charge in [-0.3, -0.25) is 10.1 Å². The van der Waals surface area contributed by atoms with Gasteiger partial charge in [-0.15, -0.1) is 0 Å². The molecule has 2 rings (SSSR count). The van der Waals surface area contributed by atoms with E-state index in [1.807, 2.05) is 13.8 Å². The Morgan fingerprint density at radius 3 is 2.89 bits per heavy atom. The van der Waals surface area contributed by atoms with Crippen LogP contribution in [0, 0.1) is 16.0 Å².